The predicted molar refractivity (Wildman–Crippen MR) is 111 cm³/mol. The Labute approximate surface area is 169 Å². The van der Waals surface area contributed by atoms with Crippen LogP contribution in [0.4, 0.5) is 0 Å². The summed E-state index contributed by atoms with van der Waals surface area (Å²) in [6, 6.07) is 9.36. The monoisotopic (exact) mass is 398 g/mol. The Morgan fingerprint density at radius 3 is 2.79 bits per heavy atom. The third-order valence-corrected chi connectivity index (χ3v) is 6.61. The molecule has 28 heavy (non-hydrogen) atoms. The van der Waals surface area contributed by atoms with E-state index in [4.69, 9.17) is 10.00 Å². The van der Waals surface area contributed by atoms with E-state index in [9.17, 15) is 9.59 Å². The highest BCUT2D eigenvalue weighted by Gasteiger charge is 2.34. The number of benzene rings is 1. The summed E-state index contributed by atoms with van der Waals surface area (Å²) < 4.78 is 7.36. The second-order valence-electron chi connectivity index (χ2n) is 7.91. The number of hydrogen-bond acceptors (Lipinski definition) is 5. The Morgan fingerprint density at radius 1 is 1.32 bits per heavy atom. The van der Waals surface area contributed by atoms with Gasteiger partial charge in [0.2, 0.25) is 0 Å². The Kier molecular flexibility index (Phi) is 6.35. The average Bonchev–Trinajstić information content (AvgIpc) is 3.03. The molecule has 1 aliphatic carbocycles. The largest absolute Gasteiger partial charge is 0.480 e. The number of Topliss-reactive ketones (excluding diaryl/α,β-unsaturated/α-hetero) is 1. The maximum atomic E-state index is 12.9. The van der Waals surface area contributed by atoms with E-state index in [1.807, 2.05) is 30.3 Å². The molecule has 1 aliphatic rings. The van der Waals surface area contributed by atoms with Crippen LogP contribution >= 0.6 is 11.3 Å². The van der Waals surface area contributed by atoms with Crippen LogP contribution in [-0.2, 0) is 4.79 Å². The van der Waals surface area contributed by atoms with Gasteiger partial charge in [-0.2, -0.15) is 5.26 Å². The van der Waals surface area contributed by atoms with Crippen LogP contribution in [0.25, 0.3) is 10.1 Å². The van der Waals surface area contributed by atoms with Gasteiger partial charge in [0.1, 0.15) is 12.6 Å². The van der Waals surface area contributed by atoms with Gasteiger partial charge >= 0.3 is 0 Å². The predicted octanol–water partition coefficient (Wildman–Crippen LogP) is 4.56. The number of rotatable bonds is 6. The second kappa shape index (κ2) is 8.74. The van der Waals surface area contributed by atoms with Crippen LogP contribution in [0.1, 0.15) is 50.4 Å². The van der Waals surface area contributed by atoms with Crippen LogP contribution in [0.2, 0.25) is 0 Å². The molecule has 1 heterocycles. The lowest BCUT2D eigenvalue weighted by atomic mass is 9.75. The van der Waals surface area contributed by atoms with Crippen molar-refractivity contribution < 1.29 is 14.3 Å². The number of carbonyl (C=O) groups is 2. The summed E-state index contributed by atoms with van der Waals surface area (Å²) >= 11 is 1.41. The summed E-state index contributed by atoms with van der Waals surface area (Å²) in [6.07, 6.45) is 3.29. The van der Waals surface area contributed by atoms with E-state index >= 15 is 0 Å². The Morgan fingerprint density at radius 2 is 2.07 bits per heavy atom. The van der Waals surface area contributed by atoms with Crippen LogP contribution in [0, 0.1) is 29.1 Å². The SMILES string of the molecule is CC(C)[C@@H]1CC[C@@H](C)C[C@H]1Oc1sc2ccccc2c1C(=O)C(=O)NCC#N. The van der Waals surface area contributed by atoms with Crippen molar-refractivity contribution in [2.75, 3.05) is 6.54 Å². The number of nitrogens with zero attached hydrogens (tertiary/aromatic N) is 1. The minimum absolute atomic E-state index is 0.0329. The molecule has 0 spiro atoms. The summed E-state index contributed by atoms with van der Waals surface area (Å²) in [5.41, 5.74) is 0.316. The first-order valence-electron chi connectivity index (χ1n) is 9.80. The van der Waals surface area contributed by atoms with Gasteiger partial charge in [-0.25, -0.2) is 0 Å². The standard InChI is InChI=1S/C22H26N2O3S/c1-13(2)15-9-8-14(3)12-17(15)27-22-19(20(25)21(26)24-11-10-23)16-6-4-5-7-18(16)28-22/h4-7,13-15,17H,8-9,11-12H2,1-3H3,(H,24,26)/t14-,15+,17-/m1/s1. The van der Waals surface area contributed by atoms with Crippen molar-refractivity contribution in [2.24, 2.45) is 17.8 Å². The first-order valence-corrected chi connectivity index (χ1v) is 10.6. The number of fused-ring (bicyclic) bond motifs is 1. The van der Waals surface area contributed by atoms with E-state index in [1.165, 1.54) is 17.8 Å². The summed E-state index contributed by atoms with van der Waals surface area (Å²) in [7, 11) is 0. The highest BCUT2D eigenvalue weighted by atomic mass is 32.1. The maximum Gasteiger partial charge on any atom is 0.293 e. The molecule has 1 amide bonds. The number of hydrogen-bond donors (Lipinski definition) is 1. The van der Waals surface area contributed by atoms with Crippen molar-refractivity contribution in [1.82, 2.24) is 5.32 Å². The van der Waals surface area contributed by atoms with Crippen molar-refractivity contribution in [2.45, 2.75) is 46.1 Å². The summed E-state index contributed by atoms with van der Waals surface area (Å²) in [6.45, 7) is 6.46. The van der Waals surface area contributed by atoms with Crippen LogP contribution < -0.4 is 10.1 Å². The third kappa shape index (κ3) is 4.20. The molecule has 5 nitrogen and oxygen atoms in total. The molecule has 3 rings (SSSR count). The van der Waals surface area contributed by atoms with E-state index in [2.05, 4.69) is 26.1 Å². The van der Waals surface area contributed by atoms with E-state index in [0.29, 0.717) is 28.4 Å². The molecule has 3 atom stereocenters. The van der Waals surface area contributed by atoms with Crippen molar-refractivity contribution >= 4 is 33.1 Å². The zero-order valence-electron chi connectivity index (χ0n) is 16.5. The number of ether oxygens (including phenoxy) is 1. The van der Waals surface area contributed by atoms with Crippen molar-refractivity contribution in [3.05, 3.63) is 29.8 Å². The first kappa shape index (κ1) is 20.3. The molecule has 1 fully saturated rings. The van der Waals surface area contributed by atoms with Gasteiger partial charge < -0.3 is 10.1 Å². The van der Waals surface area contributed by atoms with Gasteiger partial charge in [-0.1, -0.05) is 56.7 Å². The van der Waals surface area contributed by atoms with Gasteiger partial charge in [0, 0.05) is 10.1 Å². The van der Waals surface area contributed by atoms with Crippen LogP contribution in [0.3, 0.4) is 0 Å². The van der Waals surface area contributed by atoms with Crippen molar-refractivity contribution in [3.63, 3.8) is 0 Å². The molecule has 6 heteroatoms. The Hall–Kier alpha value is -2.39. The molecule has 0 unspecified atom stereocenters. The topological polar surface area (TPSA) is 79.2 Å². The summed E-state index contributed by atoms with van der Waals surface area (Å²) in [4.78, 5) is 25.1. The highest BCUT2D eigenvalue weighted by molar-refractivity contribution is 7.21. The fourth-order valence-electron chi connectivity index (χ4n) is 4.02. The van der Waals surface area contributed by atoms with Crippen molar-refractivity contribution in [1.29, 1.82) is 5.26 Å². The smallest absolute Gasteiger partial charge is 0.293 e. The molecule has 0 bridgehead atoms. The molecule has 0 aliphatic heterocycles. The molecule has 0 saturated heterocycles. The van der Waals surface area contributed by atoms with Gasteiger partial charge in [-0.3, -0.25) is 9.59 Å². The molecule has 148 valence electrons. The molecule has 1 aromatic heterocycles. The summed E-state index contributed by atoms with van der Waals surface area (Å²) in [5.74, 6) is 0.0780. The van der Waals surface area contributed by atoms with E-state index in [1.54, 1.807) is 0 Å². The minimum atomic E-state index is -0.771. The molecule has 1 N–H and O–H groups in total. The van der Waals surface area contributed by atoms with Gasteiger partial charge in [-0.05, 0) is 36.7 Å². The van der Waals surface area contributed by atoms with Gasteiger partial charge in [0.05, 0.1) is 11.6 Å². The second-order valence-corrected chi connectivity index (χ2v) is 8.93. The molecular weight excluding hydrogens is 372 g/mol. The Balaban J connectivity index is 1.97. The molecule has 1 saturated carbocycles. The van der Waals surface area contributed by atoms with Crippen LogP contribution in [0.5, 0.6) is 5.06 Å². The van der Waals surface area contributed by atoms with Crippen molar-refractivity contribution in [3.8, 4) is 11.1 Å². The summed E-state index contributed by atoms with van der Waals surface area (Å²) in [5, 5.41) is 12.3. The fourth-order valence-corrected chi connectivity index (χ4v) is 5.13. The molecule has 0 radical (unpaired) electrons. The van der Waals surface area contributed by atoms with Crippen LogP contribution in [0.15, 0.2) is 24.3 Å². The highest BCUT2D eigenvalue weighted by Crippen LogP contribution is 2.42. The lowest BCUT2D eigenvalue weighted by Crippen LogP contribution is -2.37. The lowest BCUT2D eigenvalue weighted by Gasteiger charge is -2.37. The number of nitriles is 1. The molecule has 1 aromatic carbocycles. The maximum absolute atomic E-state index is 12.9. The zero-order chi connectivity index (χ0) is 20.3. The average molecular weight is 399 g/mol. The Bertz CT molecular complexity index is 912. The number of thiophene rings is 1. The number of ketones is 1. The van der Waals surface area contributed by atoms with E-state index < -0.39 is 11.7 Å². The zero-order valence-corrected chi connectivity index (χ0v) is 17.3. The van der Waals surface area contributed by atoms with Gasteiger partial charge in [-0.15, -0.1) is 0 Å². The number of amides is 1. The lowest BCUT2D eigenvalue weighted by molar-refractivity contribution is -0.116. The minimum Gasteiger partial charge on any atom is -0.480 e. The number of carbonyl (C=O) groups excluding carboxylic acids is 2. The third-order valence-electron chi connectivity index (χ3n) is 5.54. The van der Waals surface area contributed by atoms with Crippen LogP contribution in [-0.4, -0.2) is 24.3 Å². The number of nitrogens with one attached hydrogen (secondary N) is 1. The molecular formula is C22H26N2O3S. The van der Waals surface area contributed by atoms with Gasteiger partial charge in [0.25, 0.3) is 11.7 Å². The fraction of sp³-hybridized carbons (Fsp3) is 0.500. The quantitative estimate of drug-likeness (QED) is 0.439. The van der Waals surface area contributed by atoms with E-state index in [-0.39, 0.29) is 12.6 Å². The first-order chi connectivity index (χ1) is 13.4. The van der Waals surface area contributed by atoms with E-state index in [0.717, 1.165) is 22.9 Å². The molecule has 2 aromatic rings. The van der Waals surface area contributed by atoms with Gasteiger partial charge in [0.15, 0.2) is 5.06 Å². The normalized spacial score (nSPS) is 22.0.